The highest BCUT2D eigenvalue weighted by molar-refractivity contribution is 6.05. The maximum atomic E-state index is 12.6. The van der Waals surface area contributed by atoms with Crippen LogP contribution in [0.4, 0.5) is 0 Å². The minimum Gasteiger partial charge on any atom is -0.508 e. The van der Waals surface area contributed by atoms with Crippen molar-refractivity contribution in [3.63, 3.8) is 0 Å². The Morgan fingerprint density at radius 2 is 2.04 bits per heavy atom. The van der Waals surface area contributed by atoms with Crippen LogP contribution in [-0.4, -0.2) is 50.2 Å². The van der Waals surface area contributed by atoms with Crippen LogP contribution in [-0.2, 0) is 0 Å². The number of aromatic amines is 1. The molecule has 1 amide bonds. The van der Waals surface area contributed by atoms with Gasteiger partial charge in [-0.25, -0.2) is 4.98 Å². The van der Waals surface area contributed by atoms with E-state index in [9.17, 15) is 9.90 Å². The van der Waals surface area contributed by atoms with Gasteiger partial charge in [0.2, 0.25) is 0 Å². The molecule has 2 aromatic heterocycles. The number of carbonyl (C=O) groups is 1. The number of amides is 1. The van der Waals surface area contributed by atoms with E-state index in [-0.39, 0.29) is 17.7 Å². The molecule has 3 aromatic rings. The van der Waals surface area contributed by atoms with E-state index in [0.717, 1.165) is 11.1 Å². The van der Waals surface area contributed by atoms with Crippen LogP contribution in [0.25, 0.3) is 22.2 Å². The van der Waals surface area contributed by atoms with Crippen LogP contribution in [0.1, 0.15) is 10.5 Å². The number of phenolic OH excluding ortho intramolecular Hbond substituents is 1. The van der Waals surface area contributed by atoms with Crippen molar-refractivity contribution in [1.82, 2.24) is 20.1 Å². The summed E-state index contributed by atoms with van der Waals surface area (Å²) < 4.78 is 0. The molecular weight excluding hydrogens is 294 g/mol. The Morgan fingerprint density at radius 3 is 2.74 bits per heavy atom. The number of hydrogen-bond acceptors (Lipinski definition) is 5. The number of nitrogens with zero attached hydrogens (tertiary/aromatic N) is 3. The van der Waals surface area contributed by atoms with Crippen molar-refractivity contribution in [1.29, 1.82) is 0 Å². The highest BCUT2D eigenvalue weighted by Gasteiger charge is 2.30. The normalized spacial score (nSPS) is 14.9. The lowest BCUT2D eigenvalue weighted by atomic mass is 10.1. The van der Waals surface area contributed by atoms with Crippen LogP contribution in [0.5, 0.6) is 5.75 Å². The Balaban J connectivity index is 1.81. The number of nitrogens with one attached hydrogen (secondary N) is 1. The Bertz CT molecular complexity index is 881. The summed E-state index contributed by atoms with van der Waals surface area (Å²) in [5.41, 5.74) is 8.33. The predicted molar refractivity (Wildman–Crippen MR) is 84.9 cm³/mol. The fraction of sp³-hybridized carbons (Fsp3) is 0.188. The van der Waals surface area contributed by atoms with E-state index in [1.54, 1.807) is 35.4 Å². The number of phenols is 1. The summed E-state index contributed by atoms with van der Waals surface area (Å²) >= 11 is 0. The van der Waals surface area contributed by atoms with Crippen molar-refractivity contribution in [2.75, 3.05) is 13.1 Å². The first-order valence-corrected chi connectivity index (χ1v) is 7.30. The zero-order valence-electron chi connectivity index (χ0n) is 12.2. The summed E-state index contributed by atoms with van der Waals surface area (Å²) in [6.07, 6.45) is 1.61. The average Bonchev–Trinajstić information content (AvgIpc) is 2.99. The Morgan fingerprint density at radius 1 is 1.30 bits per heavy atom. The van der Waals surface area contributed by atoms with Gasteiger partial charge in [-0.05, 0) is 30.3 Å². The third-order valence-corrected chi connectivity index (χ3v) is 4.00. The fourth-order valence-electron chi connectivity index (χ4n) is 2.72. The van der Waals surface area contributed by atoms with E-state index in [1.807, 2.05) is 6.07 Å². The second kappa shape index (κ2) is 5.06. The van der Waals surface area contributed by atoms with E-state index in [0.29, 0.717) is 29.9 Å². The molecule has 7 heteroatoms. The highest BCUT2D eigenvalue weighted by atomic mass is 16.3. The van der Waals surface area contributed by atoms with Crippen molar-refractivity contribution in [2.24, 2.45) is 5.73 Å². The molecule has 0 aliphatic carbocycles. The fourth-order valence-corrected chi connectivity index (χ4v) is 2.72. The number of aromatic hydroxyl groups is 1. The Labute approximate surface area is 131 Å². The molecular formula is C16H15N5O2. The molecule has 4 N–H and O–H groups in total. The lowest BCUT2D eigenvalue weighted by Gasteiger charge is -2.36. The number of likely N-dealkylation sites (tertiary alicyclic amines) is 1. The summed E-state index contributed by atoms with van der Waals surface area (Å²) in [4.78, 5) is 18.9. The van der Waals surface area contributed by atoms with Gasteiger partial charge in [-0.15, -0.1) is 0 Å². The smallest absolute Gasteiger partial charge is 0.273 e. The van der Waals surface area contributed by atoms with Crippen molar-refractivity contribution < 1.29 is 9.90 Å². The number of hydrogen-bond donors (Lipinski definition) is 3. The highest BCUT2D eigenvalue weighted by Crippen LogP contribution is 2.26. The molecule has 7 nitrogen and oxygen atoms in total. The second-order valence-corrected chi connectivity index (χ2v) is 5.70. The number of rotatable bonds is 2. The molecule has 0 saturated carbocycles. The molecule has 3 heterocycles. The van der Waals surface area contributed by atoms with Gasteiger partial charge in [-0.3, -0.25) is 9.89 Å². The number of H-pyrrole nitrogens is 1. The van der Waals surface area contributed by atoms with Crippen molar-refractivity contribution >= 4 is 16.8 Å². The first-order valence-electron chi connectivity index (χ1n) is 7.30. The number of benzene rings is 1. The monoisotopic (exact) mass is 309 g/mol. The minimum atomic E-state index is -0.140. The molecule has 4 rings (SSSR count). The molecule has 1 fully saturated rings. The molecule has 1 aromatic carbocycles. The zero-order valence-corrected chi connectivity index (χ0v) is 12.2. The Kier molecular flexibility index (Phi) is 3.02. The van der Waals surface area contributed by atoms with Crippen LogP contribution in [0.3, 0.4) is 0 Å². The molecule has 0 atom stereocenters. The lowest BCUT2D eigenvalue weighted by molar-refractivity contribution is 0.0604. The van der Waals surface area contributed by atoms with Gasteiger partial charge in [0.15, 0.2) is 0 Å². The molecule has 0 bridgehead atoms. The number of pyridine rings is 1. The van der Waals surface area contributed by atoms with E-state index in [1.165, 1.54) is 0 Å². The van der Waals surface area contributed by atoms with Crippen LogP contribution in [0, 0.1) is 0 Å². The van der Waals surface area contributed by atoms with E-state index < -0.39 is 0 Å². The largest absolute Gasteiger partial charge is 0.508 e. The molecule has 1 saturated heterocycles. The lowest BCUT2D eigenvalue weighted by Crippen LogP contribution is -2.58. The standard InChI is InChI=1S/C16H15N5O2/c17-10-7-21(8-10)16(23)15-12-6-18-20-14(12)5-13(19-15)9-1-3-11(22)4-2-9/h1-6,10,22H,7-8,17H2,(H,18,20). The quantitative estimate of drug-likeness (QED) is 0.657. The summed E-state index contributed by atoms with van der Waals surface area (Å²) in [6.45, 7) is 1.09. The van der Waals surface area contributed by atoms with Crippen molar-refractivity contribution in [2.45, 2.75) is 6.04 Å². The predicted octanol–water partition coefficient (Wildman–Crippen LogP) is 1.11. The summed E-state index contributed by atoms with van der Waals surface area (Å²) in [6, 6.07) is 8.57. The molecule has 0 spiro atoms. The molecule has 23 heavy (non-hydrogen) atoms. The third-order valence-electron chi connectivity index (χ3n) is 4.00. The van der Waals surface area contributed by atoms with Gasteiger partial charge >= 0.3 is 0 Å². The summed E-state index contributed by atoms with van der Waals surface area (Å²) in [5.74, 6) is 0.0426. The minimum absolute atomic E-state index is 0.0408. The average molecular weight is 309 g/mol. The number of carbonyl (C=O) groups excluding carboxylic acids is 1. The maximum absolute atomic E-state index is 12.6. The number of fused-ring (bicyclic) bond motifs is 1. The van der Waals surface area contributed by atoms with Crippen molar-refractivity contribution in [3.8, 4) is 17.0 Å². The van der Waals surface area contributed by atoms with Gasteiger partial charge < -0.3 is 15.7 Å². The van der Waals surface area contributed by atoms with Crippen LogP contribution in [0.2, 0.25) is 0 Å². The van der Waals surface area contributed by atoms with E-state index in [2.05, 4.69) is 15.2 Å². The maximum Gasteiger partial charge on any atom is 0.273 e. The van der Waals surface area contributed by atoms with Gasteiger partial charge in [0.05, 0.1) is 22.8 Å². The van der Waals surface area contributed by atoms with E-state index in [4.69, 9.17) is 5.73 Å². The summed E-state index contributed by atoms with van der Waals surface area (Å²) in [5, 5.41) is 17.0. The van der Waals surface area contributed by atoms with Gasteiger partial charge in [0.1, 0.15) is 11.4 Å². The van der Waals surface area contributed by atoms with Crippen LogP contribution in [0.15, 0.2) is 36.5 Å². The van der Waals surface area contributed by atoms with Crippen LogP contribution < -0.4 is 5.73 Å². The second-order valence-electron chi connectivity index (χ2n) is 5.70. The van der Waals surface area contributed by atoms with Gasteiger partial charge in [0, 0.05) is 24.7 Å². The van der Waals surface area contributed by atoms with Gasteiger partial charge in [-0.1, -0.05) is 0 Å². The molecule has 116 valence electrons. The zero-order chi connectivity index (χ0) is 16.0. The third kappa shape index (κ3) is 2.31. The SMILES string of the molecule is NC1CN(C(=O)c2nc(-c3ccc(O)cc3)cc3[nH]ncc23)C1. The number of nitrogens with two attached hydrogens (primary N) is 1. The molecule has 0 unspecified atom stereocenters. The van der Waals surface area contributed by atoms with Crippen LogP contribution >= 0.6 is 0 Å². The first kappa shape index (κ1) is 13.7. The summed E-state index contributed by atoms with van der Waals surface area (Å²) in [7, 11) is 0. The topological polar surface area (TPSA) is 108 Å². The van der Waals surface area contributed by atoms with Gasteiger partial charge in [-0.2, -0.15) is 5.10 Å². The molecule has 1 aliphatic heterocycles. The number of aromatic nitrogens is 3. The van der Waals surface area contributed by atoms with E-state index >= 15 is 0 Å². The van der Waals surface area contributed by atoms with Gasteiger partial charge in [0.25, 0.3) is 5.91 Å². The molecule has 0 radical (unpaired) electrons. The Hall–Kier alpha value is -2.93. The van der Waals surface area contributed by atoms with Crippen molar-refractivity contribution in [3.05, 3.63) is 42.2 Å². The first-order chi connectivity index (χ1) is 11.1. The molecule has 1 aliphatic rings.